The number of hydrogen-bond acceptors (Lipinski definition) is 3. The van der Waals surface area contributed by atoms with E-state index in [1.807, 2.05) is 25.5 Å². The first-order valence-corrected chi connectivity index (χ1v) is 6.39. The zero-order valence-electron chi connectivity index (χ0n) is 11.3. The molecule has 108 valence electrons. The van der Waals surface area contributed by atoms with Crippen LogP contribution in [0.3, 0.4) is 0 Å². The molecule has 2 aromatic rings. The lowest BCUT2D eigenvalue weighted by molar-refractivity contribution is 0.0942. The number of nitrogens with zero attached hydrogens (tertiary/aromatic N) is 3. The Labute approximate surface area is 123 Å². The molecule has 0 aromatic carbocycles. The summed E-state index contributed by atoms with van der Waals surface area (Å²) in [5.41, 5.74) is 1.56. The van der Waals surface area contributed by atoms with Gasteiger partial charge in [0.2, 0.25) is 0 Å². The van der Waals surface area contributed by atoms with Crippen molar-refractivity contribution >= 4 is 18.3 Å². The summed E-state index contributed by atoms with van der Waals surface area (Å²) in [5.74, 6) is 0.964. The lowest BCUT2D eigenvalue weighted by atomic mass is 10.4. The first-order valence-electron chi connectivity index (χ1n) is 6.39. The average Bonchev–Trinajstić information content (AvgIpc) is 3.01. The van der Waals surface area contributed by atoms with E-state index in [2.05, 4.69) is 20.2 Å². The molecule has 0 bridgehead atoms. The van der Waals surface area contributed by atoms with Crippen LogP contribution in [-0.4, -0.2) is 26.6 Å². The number of rotatable bonds is 3. The van der Waals surface area contributed by atoms with Crippen LogP contribution in [0, 0.1) is 0 Å². The molecular formula is C13H18ClN5O. The highest BCUT2D eigenvalue weighted by molar-refractivity contribution is 5.92. The molecule has 0 saturated carbocycles. The van der Waals surface area contributed by atoms with E-state index < -0.39 is 0 Å². The number of fused-ring (bicyclic) bond motifs is 1. The van der Waals surface area contributed by atoms with Gasteiger partial charge in [-0.05, 0) is 12.1 Å². The van der Waals surface area contributed by atoms with Crippen molar-refractivity contribution in [1.82, 2.24) is 24.8 Å². The Morgan fingerprint density at radius 3 is 3.10 bits per heavy atom. The molecule has 1 aliphatic rings. The molecule has 1 amide bonds. The minimum atomic E-state index is -0.0726. The van der Waals surface area contributed by atoms with Gasteiger partial charge in [0.05, 0.1) is 18.8 Å². The molecule has 1 aliphatic heterocycles. The van der Waals surface area contributed by atoms with E-state index in [4.69, 9.17) is 0 Å². The number of imidazole rings is 1. The molecule has 0 aliphatic carbocycles. The van der Waals surface area contributed by atoms with Crippen LogP contribution in [-0.2, 0) is 26.7 Å². The number of aryl methyl sites for hydroxylation is 1. The number of halogens is 1. The van der Waals surface area contributed by atoms with Gasteiger partial charge in [0.1, 0.15) is 11.5 Å². The Bertz CT molecular complexity index is 580. The SMILES string of the molecule is Cl.Cn1cccc1C(=O)NCc1cn2c(n1)CNCC2. The second-order valence-electron chi connectivity index (χ2n) is 4.71. The van der Waals surface area contributed by atoms with E-state index in [1.165, 1.54) is 0 Å². The Morgan fingerprint density at radius 1 is 1.55 bits per heavy atom. The van der Waals surface area contributed by atoms with Gasteiger partial charge in [-0.2, -0.15) is 0 Å². The lowest BCUT2D eigenvalue weighted by Crippen LogP contribution is -2.27. The fraction of sp³-hybridized carbons (Fsp3) is 0.385. The summed E-state index contributed by atoms with van der Waals surface area (Å²) >= 11 is 0. The summed E-state index contributed by atoms with van der Waals surface area (Å²) in [4.78, 5) is 16.5. The van der Waals surface area contributed by atoms with E-state index in [0.29, 0.717) is 12.2 Å². The zero-order chi connectivity index (χ0) is 13.2. The second kappa shape index (κ2) is 6.11. The maximum atomic E-state index is 12.0. The Kier molecular flexibility index (Phi) is 4.46. The number of hydrogen-bond donors (Lipinski definition) is 2. The molecule has 0 spiro atoms. The third-order valence-electron chi connectivity index (χ3n) is 3.33. The molecular weight excluding hydrogens is 278 g/mol. The summed E-state index contributed by atoms with van der Waals surface area (Å²) in [6, 6.07) is 3.66. The van der Waals surface area contributed by atoms with Crippen molar-refractivity contribution in [3.05, 3.63) is 41.7 Å². The fourth-order valence-corrected chi connectivity index (χ4v) is 2.29. The topological polar surface area (TPSA) is 63.9 Å². The van der Waals surface area contributed by atoms with E-state index in [1.54, 1.807) is 10.6 Å². The van der Waals surface area contributed by atoms with Crippen molar-refractivity contribution in [3.8, 4) is 0 Å². The molecule has 2 aromatic heterocycles. The maximum Gasteiger partial charge on any atom is 0.268 e. The molecule has 6 nitrogen and oxygen atoms in total. The normalized spacial score (nSPS) is 13.4. The van der Waals surface area contributed by atoms with E-state index in [-0.39, 0.29) is 18.3 Å². The Morgan fingerprint density at radius 2 is 2.40 bits per heavy atom. The highest BCUT2D eigenvalue weighted by Gasteiger charge is 2.13. The first kappa shape index (κ1) is 14.6. The van der Waals surface area contributed by atoms with E-state index >= 15 is 0 Å². The summed E-state index contributed by atoms with van der Waals surface area (Å²) in [5, 5.41) is 6.17. The molecule has 7 heteroatoms. The van der Waals surface area contributed by atoms with Crippen LogP contribution in [0.4, 0.5) is 0 Å². The molecule has 0 saturated heterocycles. The van der Waals surface area contributed by atoms with Crippen LogP contribution in [0.1, 0.15) is 22.0 Å². The maximum absolute atomic E-state index is 12.0. The first-order chi connectivity index (χ1) is 9.24. The standard InChI is InChI=1S/C13H17N5O.ClH/c1-17-5-2-3-11(17)13(19)15-7-10-9-18-6-4-14-8-12(18)16-10;/h2-3,5,9,14H,4,6-8H2,1H3,(H,15,19);1H. The highest BCUT2D eigenvalue weighted by Crippen LogP contribution is 2.07. The fourth-order valence-electron chi connectivity index (χ4n) is 2.29. The number of amides is 1. The van der Waals surface area contributed by atoms with Crippen LogP contribution in [0.5, 0.6) is 0 Å². The quantitative estimate of drug-likeness (QED) is 0.875. The van der Waals surface area contributed by atoms with Crippen molar-refractivity contribution in [2.24, 2.45) is 7.05 Å². The second-order valence-corrected chi connectivity index (χ2v) is 4.71. The Balaban J connectivity index is 0.00000147. The van der Waals surface area contributed by atoms with E-state index in [9.17, 15) is 4.79 Å². The van der Waals surface area contributed by atoms with Gasteiger partial charge in [-0.15, -0.1) is 12.4 Å². The highest BCUT2D eigenvalue weighted by atomic mass is 35.5. The van der Waals surface area contributed by atoms with Crippen molar-refractivity contribution in [2.45, 2.75) is 19.6 Å². The van der Waals surface area contributed by atoms with Gasteiger partial charge in [0.15, 0.2) is 0 Å². The van der Waals surface area contributed by atoms with Crippen LogP contribution < -0.4 is 10.6 Å². The molecule has 0 atom stereocenters. The van der Waals surface area contributed by atoms with Gasteiger partial charge in [-0.25, -0.2) is 4.98 Å². The van der Waals surface area contributed by atoms with Gasteiger partial charge in [0, 0.05) is 32.5 Å². The number of carbonyl (C=O) groups is 1. The predicted molar refractivity (Wildman–Crippen MR) is 77.8 cm³/mol. The van der Waals surface area contributed by atoms with Gasteiger partial charge < -0.3 is 19.8 Å². The largest absolute Gasteiger partial charge is 0.347 e. The third-order valence-corrected chi connectivity index (χ3v) is 3.33. The molecule has 0 radical (unpaired) electrons. The van der Waals surface area contributed by atoms with Crippen LogP contribution in [0.15, 0.2) is 24.5 Å². The summed E-state index contributed by atoms with van der Waals surface area (Å²) in [6.45, 7) is 3.17. The molecule has 3 heterocycles. The number of aromatic nitrogens is 3. The van der Waals surface area contributed by atoms with E-state index in [0.717, 1.165) is 31.2 Å². The lowest BCUT2D eigenvalue weighted by Gasteiger charge is -2.13. The van der Waals surface area contributed by atoms with Gasteiger partial charge in [0.25, 0.3) is 5.91 Å². The van der Waals surface area contributed by atoms with Crippen molar-refractivity contribution in [2.75, 3.05) is 6.54 Å². The molecule has 0 fully saturated rings. The van der Waals surface area contributed by atoms with Crippen LogP contribution in [0.25, 0.3) is 0 Å². The molecule has 20 heavy (non-hydrogen) atoms. The summed E-state index contributed by atoms with van der Waals surface area (Å²) in [7, 11) is 1.86. The smallest absolute Gasteiger partial charge is 0.268 e. The number of nitrogens with one attached hydrogen (secondary N) is 2. The summed E-state index contributed by atoms with van der Waals surface area (Å²) < 4.78 is 3.94. The van der Waals surface area contributed by atoms with Crippen molar-refractivity contribution in [1.29, 1.82) is 0 Å². The Hall–Kier alpha value is -1.79. The molecule has 3 rings (SSSR count). The molecule has 2 N–H and O–H groups in total. The monoisotopic (exact) mass is 295 g/mol. The minimum absolute atomic E-state index is 0. The van der Waals surface area contributed by atoms with Crippen LogP contribution >= 0.6 is 12.4 Å². The van der Waals surface area contributed by atoms with Crippen molar-refractivity contribution in [3.63, 3.8) is 0 Å². The summed E-state index contributed by atoms with van der Waals surface area (Å²) in [6.07, 6.45) is 3.87. The molecule has 0 unspecified atom stereocenters. The van der Waals surface area contributed by atoms with Gasteiger partial charge >= 0.3 is 0 Å². The van der Waals surface area contributed by atoms with Gasteiger partial charge in [-0.3, -0.25) is 4.79 Å². The van der Waals surface area contributed by atoms with Crippen LogP contribution in [0.2, 0.25) is 0 Å². The third kappa shape index (κ3) is 2.86. The average molecular weight is 296 g/mol. The van der Waals surface area contributed by atoms with Gasteiger partial charge in [-0.1, -0.05) is 0 Å². The predicted octanol–water partition coefficient (Wildman–Crippen LogP) is 0.677. The van der Waals surface area contributed by atoms with Crippen molar-refractivity contribution < 1.29 is 4.79 Å². The zero-order valence-corrected chi connectivity index (χ0v) is 12.1. The number of carbonyl (C=O) groups excluding carboxylic acids is 1. The minimum Gasteiger partial charge on any atom is -0.347 e.